The molecule has 7 nitrogen and oxygen atoms in total. The third-order valence-corrected chi connectivity index (χ3v) is 3.09. The Morgan fingerprint density at radius 2 is 1.87 bits per heavy atom. The van der Waals surface area contributed by atoms with Crippen LogP contribution < -0.4 is 16.4 Å². The van der Waals surface area contributed by atoms with E-state index in [1.54, 1.807) is 31.2 Å². The van der Waals surface area contributed by atoms with E-state index in [1.807, 2.05) is 0 Å². The van der Waals surface area contributed by atoms with Gasteiger partial charge in [0.1, 0.15) is 12.0 Å². The molecular weight excluding hydrogens is 294 g/mol. The second kappa shape index (κ2) is 7.98. The van der Waals surface area contributed by atoms with Crippen LogP contribution in [0.5, 0.6) is 0 Å². The molecular formula is C16H21N5O2. The number of hydrogen-bond acceptors (Lipinski definition) is 7. The van der Waals surface area contributed by atoms with Crippen molar-refractivity contribution < 1.29 is 9.53 Å². The fourth-order valence-corrected chi connectivity index (χ4v) is 1.92. The molecule has 23 heavy (non-hydrogen) atoms. The largest absolute Gasteiger partial charge is 0.462 e. The van der Waals surface area contributed by atoms with Crippen LogP contribution in [0.2, 0.25) is 0 Å². The van der Waals surface area contributed by atoms with Gasteiger partial charge in [-0.1, -0.05) is 6.92 Å². The zero-order valence-corrected chi connectivity index (χ0v) is 13.3. The number of benzene rings is 1. The number of esters is 1. The summed E-state index contributed by atoms with van der Waals surface area (Å²) in [7, 11) is 0. The van der Waals surface area contributed by atoms with Crippen molar-refractivity contribution in [2.45, 2.75) is 20.3 Å². The lowest BCUT2D eigenvalue weighted by Crippen LogP contribution is -2.08. The molecule has 0 unspecified atom stereocenters. The maximum atomic E-state index is 11.6. The molecule has 0 fully saturated rings. The smallest absolute Gasteiger partial charge is 0.338 e. The summed E-state index contributed by atoms with van der Waals surface area (Å²) in [5.41, 5.74) is 7.79. The number of anilines is 4. The Bertz CT molecular complexity index is 658. The van der Waals surface area contributed by atoms with Crippen molar-refractivity contribution in [2.24, 2.45) is 0 Å². The summed E-state index contributed by atoms with van der Waals surface area (Å²) in [5.74, 6) is 0.779. The predicted octanol–water partition coefficient (Wildman–Crippen LogP) is 2.80. The molecule has 0 spiro atoms. The van der Waals surface area contributed by atoms with E-state index in [9.17, 15) is 4.79 Å². The first-order chi connectivity index (χ1) is 11.2. The Labute approximate surface area is 135 Å². The topological polar surface area (TPSA) is 102 Å². The van der Waals surface area contributed by atoms with Crippen LogP contribution >= 0.6 is 0 Å². The molecule has 1 aromatic heterocycles. The number of hydrogen-bond donors (Lipinski definition) is 3. The lowest BCUT2D eigenvalue weighted by atomic mass is 10.2. The zero-order valence-electron chi connectivity index (χ0n) is 13.3. The number of nitrogen functional groups attached to an aromatic ring is 1. The third-order valence-electron chi connectivity index (χ3n) is 3.09. The molecule has 0 saturated carbocycles. The van der Waals surface area contributed by atoms with Crippen LogP contribution in [-0.2, 0) is 4.74 Å². The Hall–Kier alpha value is -2.83. The van der Waals surface area contributed by atoms with Crippen LogP contribution in [-0.4, -0.2) is 29.1 Å². The fourth-order valence-electron chi connectivity index (χ4n) is 1.92. The maximum Gasteiger partial charge on any atom is 0.338 e. The van der Waals surface area contributed by atoms with Crippen LogP contribution in [0.3, 0.4) is 0 Å². The summed E-state index contributed by atoms with van der Waals surface area (Å²) in [5, 5.41) is 6.27. The second-order valence-corrected chi connectivity index (χ2v) is 4.83. The highest BCUT2D eigenvalue weighted by molar-refractivity contribution is 5.90. The molecule has 4 N–H and O–H groups in total. The average molecular weight is 315 g/mol. The van der Waals surface area contributed by atoms with Crippen LogP contribution in [0.4, 0.5) is 23.0 Å². The van der Waals surface area contributed by atoms with Gasteiger partial charge in [-0.3, -0.25) is 0 Å². The molecule has 0 atom stereocenters. The highest BCUT2D eigenvalue weighted by Crippen LogP contribution is 2.25. The zero-order chi connectivity index (χ0) is 16.7. The van der Waals surface area contributed by atoms with Gasteiger partial charge in [-0.15, -0.1) is 0 Å². The molecule has 0 bridgehead atoms. The monoisotopic (exact) mass is 315 g/mol. The second-order valence-electron chi connectivity index (χ2n) is 4.83. The lowest BCUT2D eigenvalue weighted by molar-refractivity contribution is 0.0526. The van der Waals surface area contributed by atoms with E-state index in [1.165, 1.54) is 6.33 Å². The Balaban J connectivity index is 2.11. The number of aromatic nitrogens is 2. The van der Waals surface area contributed by atoms with Crippen molar-refractivity contribution in [2.75, 3.05) is 29.5 Å². The number of rotatable bonds is 7. The van der Waals surface area contributed by atoms with Crippen molar-refractivity contribution in [1.82, 2.24) is 9.97 Å². The van der Waals surface area contributed by atoms with Crippen molar-refractivity contribution >= 4 is 29.0 Å². The van der Waals surface area contributed by atoms with Crippen LogP contribution in [0.15, 0.2) is 30.6 Å². The first kappa shape index (κ1) is 16.5. The number of nitrogens with one attached hydrogen (secondary N) is 2. The Kier molecular flexibility index (Phi) is 5.74. The molecule has 0 saturated heterocycles. The SMILES string of the molecule is CCCNc1ncnc(Nc2ccc(C(=O)OCC)cc2)c1N. The maximum absolute atomic E-state index is 11.6. The lowest BCUT2D eigenvalue weighted by Gasteiger charge is -2.12. The van der Waals surface area contributed by atoms with Crippen molar-refractivity contribution in [3.8, 4) is 0 Å². The van der Waals surface area contributed by atoms with Gasteiger partial charge in [-0.05, 0) is 37.6 Å². The van der Waals surface area contributed by atoms with Gasteiger partial charge in [0.15, 0.2) is 11.6 Å². The molecule has 2 rings (SSSR count). The first-order valence-corrected chi connectivity index (χ1v) is 7.54. The third kappa shape index (κ3) is 4.32. The van der Waals surface area contributed by atoms with E-state index in [2.05, 4.69) is 27.5 Å². The van der Waals surface area contributed by atoms with Gasteiger partial charge in [0.25, 0.3) is 0 Å². The van der Waals surface area contributed by atoms with Gasteiger partial charge >= 0.3 is 5.97 Å². The van der Waals surface area contributed by atoms with Gasteiger partial charge < -0.3 is 21.1 Å². The highest BCUT2D eigenvalue weighted by atomic mass is 16.5. The fraction of sp³-hybridized carbons (Fsp3) is 0.312. The van der Waals surface area contributed by atoms with Gasteiger partial charge in [0, 0.05) is 12.2 Å². The van der Waals surface area contributed by atoms with Crippen LogP contribution in [0.25, 0.3) is 0 Å². The Morgan fingerprint density at radius 3 is 2.52 bits per heavy atom. The molecule has 1 aromatic carbocycles. The summed E-state index contributed by atoms with van der Waals surface area (Å²) in [6.45, 7) is 4.98. The molecule has 0 amide bonds. The number of carbonyl (C=O) groups excluding carboxylic acids is 1. The Morgan fingerprint density at radius 1 is 1.17 bits per heavy atom. The number of nitrogens with two attached hydrogens (primary N) is 1. The minimum Gasteiger partial charge on any atom is -0.462 e. The number of nitrogens with zero attached hydrogens (tertiary/aromatic N) is 2. The van der Waals surface area contributed by atoms with E-state index >= 15 is 0 Å². The summed E-state index contributed by atoms with van der Waals surface area (Å²) in [4.78, 5) is 19.9. The van der Waals surface area contributed by atoms with Crippen molar-refractivity contribution in [1.29, 1.82) is 0 Å². The van der Waals surface area contributed by atoms with Crippen LogP contribution in [0.1, 0.15) is 30.6 Å². The molecule has 7 heteroatoms. The molecule has 1 heterocycles. The van der Waals surface area contributed by atoms with Gasteiger partial charge in [-0.25, -0.2) is 14.8 Å². The van der Waals surface area contributed by atoms with E-state index < -0.39 is 0 Å². The van der Waals surface area contributed by atoms with Crippen molar-refractivity contribution in [3.05, 3.63) is 36.2 Å². The minimum atomic E-state index is -0.341. The standard InChI is InChI=1S/C16H21N5O2/c1-3-9-18-14-13(17)15(20-10-19-14)21-12-7-5-11(6-8-12)16(22)23-4-2/h5-8,10H,3-4,9,17H2,1-2H3,(H2,18,19,20,21). The number of carbonyl (C=O) groups is 1. The normalized spacial score (nSPS) is 10.2. The molecule has 0 radical (unpaired) electrons. The summed E-state index contributed by atoms with van der Waals surface area (Å²) >= 11 is 0. The van der Waals surface area contributed by atoms with E-state index in [0.717, 1.165) is 18.7 Å². The predicted molar refractivity (Wildman–Crippen MR) is 90.9 cm³/mol. The summed E-state index contributed by atoms with van der Waals surface area (Å²) < 4.78 is 4.95. The highest BCUT2D eigenvalue weighted by Gasteiger charge is 2.09. The van der Waals surface area contributed by atoms with Gasteiger partial charge in [0.2, 0.25) is 0 Å². The molecule has 122 valence electrons. The summed E-state index contributed by atoms with van der Waals surface area (Å²) in [6.07, 6.45) is 2.42. The number of ether oxygens (including phenoxy) is 1. The van der Waals surface area contributed by atoms with E-state index in [0.29, 0.717) is 29.5 Å². The first-order valence-electron chi connectivity index (χ1n) is 7.54. The average Bonchev–Trinajstić information content (AvgIpc) is 2.56. The molecule has 2 aromatic rings. The van der Waals surface area contributed by atoms with Crippen LogP contribution in [0, 0.1) is 0 Å². The van der Waals surface area contributed by atoms with E-state index in [4.69, 9.17) is 10.5 Å². The minimum absolute atomic E-state index is 0.341. The quantitative estimate of drug-likeness (QED) is 0.675. The summed E-state index contributed by atoms with van der Waals surface area (Å²) in [6, 6.07) is 6.92. The van der Waals surface area contributed by atoms with Gasteiger partial charge in [0.05, 0.1) is 12.2 Å². The van der Waals surface area contributed by atoms with Gasteiger partial charge in [-0.2, -0.15) is 0 Å². The molecule has 0 aliphatic carbocycles. The van der Waals surface area contributed by atoms with E-state index in [-0.39, 0.29) is 5.97 Å². The van der Waals surface area contributed by atoms with Crippen molar-refractivity contribution in [3.63, 3.8) is 0 Å². The molecule has 0 aliphatic rings. The molecule has 0 aliphatic heterocycles.